The number of nitrogens with zero attached hydrogens (tertiary/aromatic N) is 4. The number of carbonyl (C=O) groups is 1. The van der Waals surface area contributed by atoms with Crippen molar-refractivity contribution in [2.45, 2.75) is 25.0 Å². The van der Waals surface area contributed by atoms with Gasteiger partial charge in [0.1, 0.15) is 0 Å². The zero-order valence-corrected chi connectivity index (χ0v) is 16.2. The summed E-state index contributed by atoms with van der Waals surface area (Å²) < 4.78 is 2.00. The van der Waals surface area contributed by atoms with Gasteiger partial charge in [0.2, 0.25) is 0 Å². The fourth-order valence-electron chi connectivity index (χ4n) is 4.61. The van der Waals surface area contributed by atoms with E-state index in [0.29, 0.717) is 23.4 Å². The molecule has 28 heavy (non-hydrogen) atoms. The van der Waals surface area contributed by atoms with Gasteiger partial charge in [-0.2, -0.15) is 0 Å². The number of hydrogen-bond donors (Lipinski definition) is 1. The van der Waals surface area contributed by atoms with Gasteiger partial charge in [-0.05, 0) is 24.7 Å². The molecule has 1 N–H and O–H groups in total. The van der Waals surface area contributed by atoms with Crippen LogP contribution in [0.25, 0.3) is 11.3 Å². The van der Waals surface area contributed by atoms with E-state index >= 15 is 0 Å². The maximum atomic E-state index is 13.0. The van der Waals surface area contributed by atoms with Crippen LogP contribution in [0.2, 0.25) is 0 Å². The summed E-state index contributed by atoms with van der Waals surface area (Å²) in [5, 5.41) is 13.1. The van der Waals surface area contributed by atoms with Crippen LogP contribution < -0.4 is 0 Å². The summed E-state index contributed by atoms with van der Waals surface area (Å²) in [6.07, 6.45) is 6.63. The molecule has 0 radical (unpaired) electrons. The largest absolute Gasteiger partial charge is 0.391 e. The third kappa shape index (κ3) is 3.14. The van der Waals surface area contributed by atoms with Gasteiger partial charge in [-0.1, -0.05) is 30.3 Å². The first-order chi connectivity index (χ1) is 13.7. The second-order valence-electron chi connectivity index (χ2n) is 7.75. The highest BCUT2D eigenvalue weighted by Crippen LogP contribution is 2.41. The second-order valence-corrected chi connectivity index (χ2v) is 8.61. The Hall–Kier alpha value is -2.51. The Balaban J connectivity index is 1.30. The third-order valence-corrected chi connectivity index (χ3v) is 6.89. The highest BCUT2D eigenvalue weighted by atomic mass is 32.1. The van der Waals surface area contributed by atoms with Crippen LogP contribution >= 0.6 is 11.3 Å². The first kappa shape index (κ1) is 17.6. The molecular formula is C21H22N4O2S. The van der Waals surface area contributed by atoms with Crippen LogP contribution in [0.1, 0.15) is 28.7 Å². The molecule has 1 aromatic carbocycles. The molecule has 1 amide bonds. The lowest BCUT2D eigenvalue weighted by Gasteiger charge is -2.35. The van der Waals surface area contributed by atoms with E-state index in [9.17, 15) is 9.90 Å². The van der Waals surface area contributed by atoms with Crippen molar-refractivity contribution in [3.05, 3.63) is 59.4 Å². The van der Waals surface area contributed by atoms with E-state index in [1.54, 1.807) is 12.5 Å². The van der Waals surface area contributed by atoms with Crippen molar-refractivity contribution in [1.82, 2.24) is 19.4 Å². The summed E-state index contributed by atoms with van der Waals surface area (Å²) in [5.74, 6) is 0.774. The minimum absolute atomic E-state index is 0.00949. The molecule has 0 bridgehead atoms. The smallest absolute Gasteiger partial charge is 0.282 e. The second kappa shape index (κ2) is 7.14. The van der Waals surface area contributed by atoms with Gasteiger partial charge in [-0.3, -0.25) is 4.79 Å². The Kier molecular flexibility index (Phi) is 4.49. The van der Waals surface area contributed by atoms with Gasteiger partial charge >= 0.3 is 0 Å². The first-order valence-electron chi connectivity index (χ1n) is 9.65. The summed E-state index contributed by atoms with van der Waals surface area (Å²) in [5.41, 5.74) is 1.88. The van der Waals surface area contributed by atoms with Gasteiger partial charge in [-0.25, -0.2) is 9.97 Å². The van der Waals surface area contributed by atoms with E-state index in [1.807, 2.05) is 51.4 Å². The van der Waals surface area contributed by atoms with E-state index in [0.717, 1.165) is 30.6 Å². The lowest BCUT2D eigenvalue weighted by Crippen LogP contribution is -2.35. The average Bonchev–Trinajstić information content (AvgIpc) is 3.47. The summed E-state index contributed by atoms with van der Waals surface area (Å²) in [6, 6.07) is 9.98. The number of aromatic nitrogens is 3. The standard InChI is InChI=1S/C21H22N4O2S/c26-19-9-16-11-25(10-15(16)8-18(19)24-7-6-22-13-24)21(27)20-23-17(12-28-20)14-4-2-1-3-5-14/h1-7,12-13,15-16,18-19,26H,8-11H2/t15-,16+,18-,19-/m1/s1. The van der Waals surface area contributed by atoms with Gasteiger partial charge in [-0.15, -0.1) is 11.3 Å². The highest BCUT2D eigenvalue weighted by Gasteiger charge is 2.43. The van der Waals surface area contributed by atoms with Crippen LogP contribution in [0.3, 0.4) is 0 Å². The SMILES string of the molecule is O=C(c1nc(-c2ccccc2)cs1)N1C[C@H]2C[C@@H](n3ccnc3)[C@H](O)C[C@H]2C1. The zero-order valence-electron chi connectivity index (χ0n) is 15.4. The number of hydrogen-bond acceptors (Lipinski definition) is 5. The van der Waals surface area contributed by atoms with Crippen LogP contribution in [0.15, 0.2) is 54.4 Å². The van der Waals surface area contributed by atoms with Gasteiger partial charge < -0.3 is 14.6 Å². The van der Waals surface area contributed by atoms with E-state index < -0.39 is 6.10 Å². The van der Waals surface area contributed by atoms with Crippen molar-refractivity contribution < 1.29 is 9.90 Å². The minimum Gasteiger partial charge on any atom is -0.391 e. The van der Waals surface area contributed by atoms with Crippen molar-refractivity contribution in [3.63, 3.8) is 0 Å². The molecule has 6 nitrogen and oxygen atoms in total. The lowest BCUT2D eigenvalue weighted by molar-refractivity contribution is 0.0357. The summed E-state index contributed by atoms with van der Waals surface area (Å²) in [4.78, 5) is 23.6. The number of carbonyl (C=O) groups excluding carboxylic acids is 1. The third-order valence-electron chi connectivity index (χ3n) is 6.06. The molecule has 2 aliphatic rings. The topological polar surface area (TPSA) is 71.2 Å². The van der Waals surface area contributed by atoms with Crippen LogP contribution in [0, 0.1) is 11.8 Å². The van der Waals surface area contributed by atoms with E-state index in [4.69, 9.17) is 0 Å². The molecular weight excluding hydrogens is 372 g/mol. The quantitative estimate of drug-likeness (QED) is 0.741. The first-order valence-corrected chi connectivity index (χ1v) is 10.5. The summed E-state index contributed by atoms with van der Waals surface area (Å²) in [7, 11) is 0. The van der Waals surface area contributed by atoms with Crippen molar-refractivity contribution >= 4 is 17.2 Å². The number of likely N-dealkylation sites (tertiary alicyclic amines) is 1. The molecule has 7 heteroatoms. The van der Waals surface area contributed by atoms with Crippen molar-refractivity contribution in [2.75, 3.05) is 13.1 Å². The van der Waals surface area contributed by atoms with Crippen molar-refractivity contribution in [2.24, 2.45) is 11.8 Å². The van der Waals surface area contributed by atoms with Crippen molar-refractivity contribution in [1.29, 1.82) is 0 Å². The van der Waals surface area contributed by atoms with Crippen LogP contribution in [-0.4, -0.2) is 49.6 Å². The molecule has 1 saturated heterocycles. The molecule has 4 atom stereocenters. The molecule has 3 aromatic rings. The molecule has 1 saturated carbocycles. The number of imidazole rings is 1. The number of rotatable bonds is 3. The molecule has 1 aliphatic carbocycles. The fourth-order valence-corrected chi connectivity index (χ4v) is 5.40. The molecule has 2 aromatic heterocycles. The van der Waals surface area contributed by atoms with Crippen LogP contribution in [-0.2, 0) is 0 Å². The Labute approximate surface area is 167 Å². The van der Waals surface area contributed by atoms with E-state index in [2.05, 4.69) is 9.97 Å². The predicted molar refractivity (Wildman–Crippen MR) is 107 cm³/mol. The zero-order chi connectivity index (χ0) is 19.1. The van der Waals surface area contributed by atoms with Crippen LogP contribution in [0.5, 0.6) is 0 Å². The average molecular weight is 395 g/mol. The predicted octanol–water partition coefficient (Wildman–Crippen LogP) is 3.09. The molecule has 2 fully saturated rings. The van der Waals surface area contributed by atoms with E-state index in [-0.39, 0.29) is 11.9 Å². The van der Waals surface area contributed by atoms with Gasteiger partial charge in [0.05, 0.1) is 24.2 Å². The molecule has 1 aliphatic heterocycles. The van der Waals surface area contributed by atoms with Gasteiger partial charge in [0.15, 0.2) is 5.01 Å². The molecule has 144 valence electrons. The molecule has 5 rings (SSSR count). The summed E-state index contributed by atoms with van der Waals surface area (Å²) in [6.45, 7) is 1.44. The van der Waals surface area contributed by atoms with Crippen LogP contribution in [0.4, 0.5) is 0 Å². The Morgan fingerprint density at radius 2 is 1.93 bits per heavy atom. The maximum absolute atomic E-state index is 13.0. The Morgan fingerprint density at radius 1 is 1.14 bits per heavy atom. The molecule has 3 heterocycles. The number of benzene rings is 1. The Bertz CT molecular complexity index is 956. The number of amides is 1. The molecule has 0 spiro atoms. The fraction of sp³-hybridized carbons (Fsp3) is 0.381. The number of aliphatic hydroxyl groups excluding tert-OH is 1. The normalized spacial score (nSPS) is 27.0. The minimum atomic E-state index is -0.393. The van der Waals surface area contributed by atoms with Crippen molar-refractivity contribution in [3.8, 4) is 11.3 Å². The number of aliphatic hydroxyl groups is 1. The highest BCUT2D eigenvalue weighted by molar-refractivity contribution is 7.12. The lowest BCUT2D eigenvalue weighted by atomic mass is 9.77. The Morgan fingerprint density at radius 3 is 2.68 bits per heavy atom. The van der Waals surface area contributed by atoms with E-state index in [1.165, 1.54) is 11.3 Å². The monoisotopic (exact) mass is 394 g/mol. The summed E-state index contributed by atoms with van der Waals surface area (Å²) >= 11 is 1.41. The molecule has 0 unspecified atom stereocenters. The van der Waals surface area contributed by atoms with Gasteiger partial charge in [0, 0.05) is 36.4 Å². The number of fused-ring (bicyclic) bond motifs is 1. The number of thiazole rings is 1. The van der Waals surface area contributed by atoms with Gasteiger partial charge in [0.25, 0.3) is 5.91 Å². The maximum Gasteiger partial charge on any atom is 0.282 e.